The molecule has 3 N–H and O–H groups in total. The molecule has 0 saturated heterocycles. The molecule has 2 amide bonds. The summed E-state index contributed by atoms with van der Waals surface area (Å²) in [5.41, 5.74) is 2.56. The summed E-state index contributed by atoms with van der Waals surface area (Å²) in [6.07, 6.45) is 10.4. The highest BCUT2D eigenvalue weighted by atomic mass is 16.7. The Morgan fingerprint density at radius 2 is 1.63 bits per heavy atom. The zero-order chi connectivity index (χ0) is 13.5. The Labute approximate surface area is 115 Å². The van der Waals surface area contributed by atoms with Gasteiger partial charge in [-0.25, -0.2) is 10.3 Å². The van der Waals surface area contributed by atoms with Crippen LogP contribution in [-0.4, -0.2) is 31.3 Å². The zero-order valence-electron chi connectivity index (χ0n) is 11.9. The Morgan fingerprint density at radius 3 is 2.26 bits per heavy atom. The molecule has 0 aromatic heterocycles. The van der Waals surface area contributed by atoms with Crippen molar-refractivity contribution in [1.29, 1.82) is 0 Å². The molecule has 5 nitrogen and oxygen atoms in total. The average molecular weight is 269 g/mol. The molecule has 0 radical (unpaired) electrons. The van der Waals surface area contributed by atoms with E-state index in [-0.39, 0.29) is 12.1 Å². The standard InChI is InChI=1S/C14H27N3O2/c1-15-11-7-9-13(10-8-11)19-17-14(18)16-12-5-3-2-4-6-12/h11-13,15H,2-10H2,1H3,(H2,16,17,18). The van der Waals surface area contributed by atoms with Crippen molar-refractivity contribution in [2.24, 2.45) is 0 Å². The van der Waals surface area contributed by atoms with E-state index >= 15 is 0 Å². The minimum absolute atomic E-state index is 0.168. The van der Waals surface area contributed by atoms with Gasteiger partial charge in [-0.1, -0.05) is 19.3 Å². The van der Waals surface area contributed by atoms with Crippen LogP contribution in [0.15, 0.2) is 0 Å². The van der Waals surface area contributed by atoms with Crippen molar-refractivity contribution in [3.63, 3.8) is 0 Å². The monoisotopic (exact) mass is 269 g/mol. The fourth-order valence-electron chi connectivity index (χ4n) is 3.07. The van der Waals surface area contributed by atoms with Gasteiger partial charge in [-0.15, -0.1) is 0 Å². The van der Waals surface area contributed by atoms with Crippen LogP contribution in [0.25, 0.3) is 0 Å². The van der Waals surface area contributed by atoms with Crippen molar-refractivity contribution < 1.29 is 9.63 Å². The number of nitrogens with one attached hydrogen (secondary N) is 3. The highest BCUT2D eigenvalue weighted by Gasteiger charge is 2.22. The average Bonchev–Trinajstić information content (AvgIpc) is 2.47. The molecule has 0 spiro atoms. The molecule has 2 saturated carbocycles. The van der Waals surface area contributed by atoms with Crippen molar-refractivity contribution >= 4 is 6.03 Å². The smallest absolute Gasteiger partial charge is 0.334 e. The zero-order valence-corrected chi connectivity index (χ0v) is 11.9. The second-order valence-electron chi connectivity index (χ2n) is 5.79. The van der Waals surface area contributed by atoms with E-state index < -0.39 is 0 Å². The van der Waals surface area contributed by atoms with Crippen LogP contribution in [0.3, 0.4) is 0 Å². The number of hydrogen-bond acceptors (Lipinski definition) is 3. The Balaban J connectivity index is 1.58. The molecule has 0 bridgehead atoms. The van der Waals surface area contributed by atoms with Crippen LogP contribution >= 0.6 is 0 Å². The molecule has 110 valence electrons. The van der Waals surface area contributed by atoms with Crippen LogP contribution in [0.2, 0.25) is 0 Å². The number of hydroxylamine groups is 1. The molecule has 0 aliphatic heterocycles. The Kier molecular flexibility index (Phi) is 5.92. The predicted octanol–water partition coefficient (Wildman–Crippen LogP) is 2.08. The van der Waals surface area contributed by atoms with Gasteiger partial charge >= 0.3 is 6.03 Å². The summed E-state index contributed by atoms with van der Waals surface area (Å²) in [7, 11) is 2.00. The first kappa shape index (κ1) is 14.6. The van der Waals surface area contributed by atoms with Crippen molar-refractivity contribution in [2.45, 2.75) is 76.0 Å². The quantitative estimate of drug-likeness (QED) is 0.685. The van der Waals surface area contributed by atoms with Gasteiger partial charge in [-0.2, -0.15) is 0 Å². The fourth-order valence-corrected chi connectivity index (χ4v) is 3.07. The third-order valence-corrected chi connectivity index (χ3v) is 4.34. The summed E-state index contributed by atoms with van der Waals surface area (Å²) in [5.74, 6) is 0. The van der Waals surface area contributed by atoms with Crippen LogP contribution < -0.4 is 16.1 Å². The molecule has 5 heteroatoms. The number of carbonyl (C=O) groups is 1. The fraction of sp³-hybridized carbons (Fsp3) is 0.929. The van der Waals surface area contributed by atoms with Gasteiger partial charge in [0.15, 0.2) is 0 Å². The summed E-state index contributed by atoms with van der Waals surface area (Å²) in [5, 5.41) is 6.28. The normalized spacial score (nSPS) is 28.9. The maximum Gasteiger partial charge on any atom is 0.338 e. The lowest BCUT2D eigenvalue weighted by atomic mass is 9.93. The highest BCUT2D eigenvalue weighted by Crippen LogP contribution is 2.20. The second-order valence-corrected chi connectivity index (χ2v) is 5.79. The molecule has 2 aliphatic rings. The van der Waals surface area contributed by atoms with Crippen LogP contribution in [0, 0.1) is 0 Å². The van der Waals surface area contributed by atoms with E-state index in [9.17, 15) is 4.79 Å². The maximum atomic E-state index is 11.7. The molecule has 2 fully saturated rings. The molecule has 2 aliphatic carbocycles. The third kappa shape index (κ3) is 4.99. The van der Waals surface area contributed by atoms with Gasteiger partial charge in [-0.05, 0) is 45.6 Å². The van der Waals surface area contributed by atoms with E-state index in [4.69, 9.17) is 4.84 Å². The Morgan fingerprint density at radius 1 is 0.947 bits per heavy atom. The largest absolute Gasteiger partial charge is 0.338 e. The predicted molar refractivity (Wildman–Crippen MR) is 74.7 cm³/mol. The highest BCUT2D eigenvalue weighted by molar-refractivity contribution is 5.73. The third-order valence-electron chi connectivity index (χ3n) is 4.34. The SMILES string of the molecule is CNC1CCC(ONC(=O)NC2CCCCC2)CC1. The second kappa shape index (κ2) is 7.70. The van der Waals surface area contributed by atoms with Crippen LogP contribution in [0.1, 0.15) is 57.8 Å². The van der Waals surface area contributed by atoms with Gasteiger partial charge in [0.05, 0.1) is 6.10 Å². The molecule has 0 atom stereocenters. The van der Waals surface area contributed by atoms with Crippen molar-refractivity contribution in [3.05, 3.63) is 0 Å². The maximum absolute atomic E-state index is 11.7. The number of amides is 2. The van der Waals surface area contributed by atoms with Gasteiger partial charge in [0.25, 0.3) is 0 Å². The van der Waals surface area contributed by atoms with Crippen LogP contribution in [0.5, 0.6) is 0 Å². The molecule has 0 aromatic carbocycles. The first-order valence-electron chi connectivity index (χ1n) is 7.67. The van der Waals surface area contributed by atoms with E-state index in [1.165, 1.54) is 19.3 Å². The topological polar surface area (TPSA) is 62.4 Å². The molecule has 2 rings (SSSR count). The van der Waals surface area contributed by atoms with E-state index in [2.05, 4.69) is 16.1 Å². The van der Waals surface area contributed by atoms with E-state index in [1.807, 2.05) is 7.05 Å². The van der Waals surface area contributed by atoms with Crippen molar-refractivity contribution in [2.75, 3.05) is 7.05 Å². The van der Waals surface area contributed by atoms with E-state index in [0.29, 0.717) is 12.1 Å². The van der Waals surface area contributed by atoms with Crippen LogP contribution in [0.4, 0.5) is 4.79 Å². The summed E-state index contributed by atoms with van der Waals surface area (Å²) in [4.78, 5) is 17.2. The Bertz CT molecular complexity index is 272. The number of urea groups is 1. The van der Waals surface area contributed by atoms with E-state index in [0.717, 1.165) is 38.5 Å². The lowest BCUT2D eigenvalue weighted by Crippen LogP contribution is -2.45. The molecule has 0 heterocycles. The van der Waals surface area contributed by atoms with Crippen molar-refractivity contribution in [3.8, 4) is 0 Å². The summed E-state index contributed by atoms with van der Waals surface area (Å²) in [6.45, 7) is 0. The number of carbonyl (C=O) groups excluding carboxylic acids is 1. The summed E-state index contributed by atoms with van der Waals surface area (Å²) >= 11 is 0. The number of rotatable bonds is 4. The van der Waals surface area contributed by atoms with Gasteiger partial charge in [0.2, 0.25) is 0 Å². The molecule has 0 unspecified atom stereocenters. The molecule has 0 aromatic rings. The Hall–Kier alpha value is -0.810. The minimum Gasteiger partial charge on any atom is -0.334 e. The number of hydrogen-bond donors (Lipinski definition) is 3. The summed E-state index contributed by atoms with van der Waals surface area (Å²) < 4.78 is 0. The first-order chi connectivity index (χ1) is 9.28. The first-order valence-corrected chi connectivity index (χ1v) is 7.67. The lowest BCUT2D eigenvalue weighted by molar-refractivity contribution is -0.0266. The molecule has 19 heavy (non-hydrogen) atoms. The van der Waals surface area contributed by atoms with E-state index in [1.54, 1.807) is 0 Å². The summed E-state index contributed by atoms with van der Waals surface area (Å²) in [6, 6.07) is 0.760. The van der Waals surface area contributed by atoms with Gasteiger partial charge in [0, 0.05) is 12.1 Å². The van der Waals surface area contributed by atoms with Gasteiger partial charge in [-0.3, -0.25) is 4.84 Å². The van der Waals surface area contributed by atoms with Gasteiger partial charge < -0.3 is 10.6 Å². The molecular weight excluding hydrogens is 242 g/mol. The van der Waals surface area contributed by atoms with Crippen LogP contribution in [-0.2, 0) is 4.84 Å². The lowest BCUT2D eigenvalue weighted by Gasteiger charge is -2.28. The van der Waals surface area contributed by atoms with Crippen molar-refractivity contribution in [1.82, 2.24) is 16.1 Å². The van der Waals surface area contributed by atoms with Gasteiger partial charge in [0.1, 0.15) is 0 Å². The molecular formula is C14H27N3O2. The minimum atomic E-state index is -0.178.